The SMILES string of the molecule is Nc1nc(CCc2ccccc2)nc2c1CCCCC2. The third-order valence-corrected chi connectivity index (χ3v) is 3.99. The first-order valence-corrected chi connectivity index (χ1v) is 7.51. The fourth-order valence-corrected chi connectivity index (χ4v) is 2.87. The van der Waals surface area contributed by atoms with Crippen LogP contribution in [-0.4, -0.2) is 9.97 Å². The summed E-state index contributed by atoms with van der Waals surface area (Å²) in [6.07, 6.45) is 7.64. The normalized spacial score (nSPS) is 14.6. The summed E-state index contributed by atoms with van der Waals surface area (Å²) in [5.74, 6) is 1.60. The zero-order valence-corrected chi connectivity index (χ0v) is 11.8. The van der Waals surface area contributed by atoms with Crippen molar-refractivity contribution in [1.82, 2.24) is 9.97 Å². The summed E-state index contributed by atoms with van der Waals surface area (Å²) < 4.78 is 0. The number of hydrogen-bond donors (Lipinski definition) is 1. The Hall–Kier alpha value is -1.90. The fraction of sp³-hybridized carbons (Fsp3) is 0.412. The summed E-state index contributed by atoms with van der Waals surface area (Å²) in [4.78, 5) is 9.27. The van der Waals surface area contributed by atoms with E-state index in [0.717, 1.165) is 31.5 Å². The maximum atomic E-state index is 6.13. The van der Waals surface area contributed by atoms with E-state index in [4.69, 9.17) is 10.7 Å². The van der Waals surface area contributed by atoms with Crippen LogP contribution in [0.3, 0.4) is 0 Å². The second-order valence-electron chi connectivity index (χ2n) is 5.50. The molecule has 0 spiro atoms. The van der Waals surface area contributed by atoms with Crippen molar-refractivity contribution in [3.8, 4) is 0 Å². The van der Waals surface area contributed by atoms with Crippen LogP contribution in [0.1, 0.15) is 41.9 Å². The van der Waals surface area contributed by atoms with E-state index in [1.54, 1.807) is 0 Å². The maximum absolute atomic E-state index is 6.13. The van der Waals surface area contributed by atoms with E-state index in [0.29, 0.717) is 5.82 Å². The molecular formula is C17H21N3. The van der Waals surface area contributed by atoms with Gasteiger partial charge >= 0.3 is 0 Å². The third-order valence-electron chi connectivity index (χ3n) is 3.99. The van der Waals surface area contributed by atoms with Crippen LogP contribution >= 0.6 is 0 Å². The Balaban J connectivity index is 1.77. The standard InChI is InChI=1S/C17H21N3/c18-17-14-9-5-2-6-10-15(14)19-16(20-17)12-11-13-7-3-1-4-8-13/h1,3-4,7-8H,2,5-6,9-12H2,(H2,18,19,20). The highest BCUT2D eigenvalue weighted by Crippen LogP contribution is 2.23. The zero-order chi connectivity index (χ0) is 13.8. The molecule has 3 heteroatoms. The quantitative estimate of drug-likeness (QED) is 0.869. The van der Waals surface area contributed by atoms with Gasteiger partial charge in [-0.2, -0.15) is 0 Å². The highest BCUT2D eigenvalue weighted by molar-refractivity contribution is 5.43. The largest absolute Gasteiger partial charge is 0.383 e. The lowest BCUT2D eigenvalue weighted by atomic mass is 10.1. The first-order valence-electron chi connectivity index (χ1n) is 7.51. The maximum Gasteiger partial charge on any atom is 0.131 e. The Bertz CT molecular complexity index is 578. The second-order valence-corrected chi connectivity index (χ2v) is 5.50. The van der Waals surface area contributed by atoms with E-state index in [2.05, 4.69) is 29.2 Å². The van der Waals surface area contributed by atoms with Gasteiger partial charge < -0.3 is 5.73 Å². The average Bonchev–Trinajstić information content (AvgIpc) is 2.72. The van der Waals surface area contributed by atoms with Gasteiger partial charge in [-0.05, 0) is 37.7 Å². The smallest absolute Gasteiger partial charge is 0.131 e. The van der Waals surface area contributed by atoms with Gasteiger partial charge in [-0.3, -0.25) is 0 Å². The summed E-state index contributed by atoms with van der Waals surface area (Å²) in [7, 11) is 0. The molecule has 2 N–H and O–H groups in total. The lowest BCUT2D eigenvalue weighted by Crippen LogP contribution is -2.09. The minimum absolute atomic E-state index is 0.708. The molecule has 0 unspecified atom stereocenters. The zero-order valence-electron chi connectivity index (χ0n) is 11.8. The molecule has 0 saturated carbocycles. The van der Waals surface area contributed by atoms with E-state index in [9.17, 15) is 0 Å². The van der Waals surface area contributed by atoms with Crippen molar-refractivity contribution in [2.45, 2.75) is 44.9 Å². The Kier molecular flexibility index (Phi) is 3.95. The van der Waals surface area contributed by atoms with Crippen molar-refractivity contribution < 1.29 is 0 Å². The molecule has 0 aliphatic heterocycles. The predicted molar refractivity (Wildman–Crippen MR) is 81.6 cm³/mol. The number of fused-ring (bicyclic) bond motifs is 1. The number of nitrogens with zero attached hydrogens (tertiary/aromatic N) is 2. The van der Waals surface area contributed by atoms with Crippen molar-refractivity contribution in [2.75, 3.05) is 5.73 Å². The van der Waals surface area contributed by atoms with Crippen LogP contribution in [0.25, 0.3) is 0 Å². The van der Waals surface area contributed by atoms with Gasteiger partial charge in [0.15, 0.2) is 0 Å². The first-order chi connectivity index (χ1) is 9.83. The van der Waals surface area contributed by atoms with Gasteiger partial charge in [0.1, 0.15) is 11.6 Å². The van der Waals surface area contributed by atoms with Crippen LogP contribution in [0, 0.1) is 0 Å². The van der Waals surface area contributed by atoms with Crippen LogP contribution < -0.4 is 5.73 Å². The molecule has 3 rings (SSSR count). The number of nitrogens with two attached hydrogens (primary N) is 1. The molecule has 0 amide bonds. The monoisotopic (exact) mass is 267 g/mol. The Morgan fingerprint density at radius 1 is 0.900 bits per heavy atom. The number of hydrogen-bond acceptors (Lipinski definition) is 3. The van der Waals surface area contributed by atoms with E-state index >= 15 is 0 Å². The summed E-state index contributed by atoms with van der Waals surface area (Å²) in [5.41, 5.74) is 9.85. The third kappa shape index (κ3) is 2.98. The van der Waals surface area contributed by atoms with E-state index in [1.165, 1.54) is 36.1 Å². The number of nitrogen functional groups attached to an aromatic ring is 1. The lowest BCUT2D eigenvalue weighted by Gasteiger charge is -2.10. The predicted octanol–water partition coefficient (Wildman–Crippen LogP) is 3.11. The summed E-state index contributed by atoms with van der Waals surface area (Å²) >= 11 is 0. The summed E-state index contributed by atoms with van der Waals surface area (Å²) in [5, 5.41) is 0. The van der Waals surface area contributed by atoms with Crippen molar-refractivity contribution >= 4 is 5.82 Å². The molecule has 0 radical (unpaired) electrons. The minimum atomic E-state index is 0.708. The van der Waals surface area contributed by atoms with Crippen LogP contribution in [-0.2, 0) is 25.7 Å². The van der Waals surface area contributed by atoms with Crippen LogP contribution in [0.15, 0.2) is 30.3 Å². The molecule has 104 valence electrons. The molecule has 1 aliphatic carbocycles. The average molecular weight is 267 g/mol. The molecule has 0 saturated heterocycles. The number of benzene rings is 1. The lowest BCUT2D eigenvalue weighted by molar-refractivity contribution is 0.707. The minimum Gasteiger partial charge on any atom is -0.383 e. The van der Waals surface area contributed by atoms with Crippen LogP contribution in [0.4, 0.5) is 5.82 Å². The molecule has 2 aromatic rings. The topological polar surface area (TPSA) is 51.8 Å². The van der Waals surface area contributed by atoms with Gasteiger partial charge in [0.25, 0.3) is 0 Å². The Morgan fingerprint density at radius 3 is 2.55 bits per heavy atom. The highest BCUT2D eigenvalue weighted by atomic mass is 15.0. The molecule has 0 atom stereocenters. The highest BCUT2D eigenvalue weighted by Gasteiger charge is 2.14. The molecule has 1 heterocycles. The molecule has 1 aromatic heterocycles. The van der Waals surface area contributed by atoms with Crippen LogP contribution in [0.5, 0.6) is 0 Å². The number of rotatable bonds is 3. The molecule has 0 fully saturated rings. The molecule has 1 aromatic carbocycles. The van der Waals surface area contributed by atoms with Crippen LogP contribution in [0.2, 0.25) is 0 Å². The van der Waals surface area contributed by atoms with Gasteiger partial charge in [-0.15, -0.1) is 0 Å². The Labute approximate surface area is 120 Å². The first kappa shape index (κ1) is 13.1. The molecule has 3 nitrogen and oxygen atoms in total. The van der Waals surface area contributed by atoms with E-state index in [-0.39, 0.29) is 0 Å². The van der Waals surface area contributed by atoms with Crippen molar-refractivity contribution in [1.29, 1.82) is 0 Å². The van der Waals surface area contributed by atoms with Gasteiger partial charge in [0.2, 0.25) is 0 Å². The number of aryl methyl sites for hydroxylation is 3. The summed E-state index contributed by atoms with van der Waals surface area (Å²) in [6, 6.07) is 10.5. The van der Waals surface area contributed by atoms with E-state index in [1.807, 2.05) is 6.07 Å². The van der Waals surface area contributed by atoms with Crippen molar-refractivity contribution in [2.24, 2.45) is 0 Å². The van der Waals surface area contributed by atoms with Gasteiger partial charge in [0, 0.05) is 17.7 Å². The molecular weight excluding hydrogens is 246 g/mol. The molecule has 1 aliphatic rings. The van der Waals surface area contributed by atoms with Gasteiger partial charge in [-0.1, -0.05) is 36.8 Å². The van der Waals surface area contributed by atoms with Crippen molar-refractivity contribution in [3.63, 3.8) is 0 Å². The fourth-order valence-electron chi connectivity index (χ4n) is 2.87. The Morgan fingerprint density at radius 2 is 1.70 bits per heavy atom. The second kappa shape index (κ2) is 6.04. The number of aromatic nitrogens is 2. The van der Waals surface area contributed by atoms with Gasteiger partial charge in [0.05, 0.1) is 0 Å². The van der Waals surface area contributed by atoms with Crippen molar-refractivity contribution in [3.05, 3.63) is 53.0 Å². The summed E-state index contributed by atoms with van der Waals surface area (Å²) in [6.45, 7) is 0. The number of anilines is 1. The van der Waals surface area contributed by atoms with Gasteiger partial charge in [-0.25, -0.2) is 9.97 Å². The van der Waals surface area contributed by atoms with E-state index < -0.39 is 0 Å². The molecule has 20 heavy (non-hydrogen) atoms. The molecule has 0 bridgehead atoms.